The molecule has 0 fully saturated rings. The molecule has 11 aromatic rings. The number of aromatic nitrogens is 4. The van der Waals surface area contributed by atoms with E-state index in [1.165, 1.54) is 43.6 Å². The number of rotatable bonds is 4. The van der Waals surface area contributed by atoms with Crippen molar-refractivity contribution in [2.75, 3.05) is 0 Å². The quantitative estimate of drug-likeness (QED) is 0.190. The van der Waals surface area contributed by atoms with Crippen LogP contribution in [0.4, 0.5) is 0 Å². The van der Waals surface area contributed by atoms with E-state index in [1.807, 2.05) is 48.5 Å². The normalized spacial score (nSPS) is 11.9. The first-order chi connectivity index (χ1) is 25.3. The zero-order valence-electron chi connectivity index (χ0n) is 27.4. The van der Waals surface area contributed by atoms with Crippen LogP contribution in [-0.2, 0) is 0 Å². The molecule has 0 atom stereocenters. The fraction of sp³-hybridized carbons (Fsp3) is 0. The summed E-state index contributed by atoms with van der Waals surface area (Å²) in [5.74, 6) is 0.640. The first-order valence-corrected chi connectivity index (χ1v) is 17.2. The molecule has 4 aromatic heterocycles. The summed E-state index contributed by atoms with van der Waals surface area (Å²) >= 11 is 0. The van der Waals surface area contributed by atoms with Crippen LogP contribution in [0.15, 0.2) is 174 Å². The van der Waals surface area contributed by atoms with Crippen molar-refractivity contribution in [3.05, 3.63) is 170 Å². The van der Waals surface area contributed by atoms with Gasteiger partial charge in [-0.25, -0.2) is 4.98 Å². The molecule has 0 aliphatic rings. The summed E-state index contributed by atoms with van der Waals surface area (Å²) in [6, 6.07) is 59.7. The number of para-hydroxylation sites is 4. The lowest BCUT2D eigenvalue weighted by Gasteiger charge is -2.11. The second kappa shape index (κ2) is 10.8. The van der Waals surface area contributed by atoms with Gasteiger partial charge < -0.3 is 13.6 Å². The van der Waals surface area contributed by atoms with Crippen molar-refractivity contribution in [3.63, 3.8) is 0 Å². The van der Waals surface area contributed by atoms with Crippen molar-refractivity contribution in [3.8, 4) is 34.0 Å². The van der Waals surface area contributed by atoms with E-state index in [2.05, 4.69) is 130 Å². The van der Waals surface area contributed by atoms with Crippen LogP contribution >= 0.6 is 0 Å². The highest BCUT2D eigenvalue weighted by Gasteiger charge is 2.22. The molecule has 0 saturated heterocycles. The van der Waals surface area contributed by atoms with E-state index in [1.54, 1.807) is 0 Å². The standard InChI is InChI=1S/C46H28N4O/c1-3-13-30(14-4-1)45-47-43(42-36-19-9-12-22-40(36)51-46(42)48-45)29-23-25-32(26-24-29)50-37-20-10-7-17-33(37)34-27-28-39-41(44(34)50)35-18-8-11-21-38(35)49(39)31-15-5-2-6-16-31/h1-28H. The van der Waals surface area contributed by atoms with E-state index in [0.717, 1.165) is 44.6 Å². The fourth-order valence-corrected chi connectivity index (χ4v) is 7.95. The Labute approximate surface area is 292 Å². The molecule has 0 radical (unpaired) electrons. The van der Waals surface area contributed by atoms with E-state index in [0.29, 0.717) is 11.5 Å². The molecular formula is C46H28N4O. The van der Waals surface area contributed by atoms with Gasteiger partial charge in [0.05, 0.1) is 33.1 Å². The number of furan rings is 1. The number of fused-ring (bicyclic) bond motifs is 10. The lowest BCUT2D eigenvalue weighted by molar-refractivity contribution is 0.653. The molecule has 0 N–H and O–H groups in total. The van der Waals surface area contributed by atoms with Gasteiger partial charge in [0, 0.05) is 49.4 Å². The molecule has 7 aromatic carbocycles. The minimum Gasteiger partial charge on any atom is -0.438 e. The second-order valence-electron chi connectivity index (χ2n) is 13.0. The van der Waals surface area contributed by atoms with Crippen molar-refractivity contribution in [1.82, 2.24) is 19.1 Å². The summed E-state index contributed by atoms with van der Waals surface area (Å²) in [4.78, 5) is 10.1. The van der Waals surface area contributed by atoms with Gasteiger partial charge in [-0.3, -0.25) is 0 Å². The van der Waals surface area contributed by atoms with E-state index in [4.69, 9.17) is 14.4 Å². The van der Waals surface area contributed by atoms with Gasteiger partial charge in [0.1, 0.15) is 5.58 Å². The number of benzene rings is 7. The van der Waals surface area contributed by atoms with E-state index >= 15 is 0 Å². The van der Waals surface area contributed by atoms with Crippen LogP contribution in [0.25, 0.3) is 99.7 Å². The minimum absolute atomic E-state index is 0.587. The van der Waals surface area contributed by atoms with Crippen LogP contribution in [0.5, 0.6) is 0 Å². The SMILES string of the molecule is c1ccc(-c2nc(-c3ccc(-n4c5ccccc5c5ccc6c(c7ccccc7n6-c6ccccc6)c54)cc3)c3c(n2)oc2ccccc23)cc1. The summed E-state index contributed by atoms with van der Waals surface area (Å²) in [6.07, 6.45) is 0. The zero-order valence-corrected chi connectivity index (χ0v) is 27.4. The summed E-state index contributed by atoms with van der Waals surface area (Å²) < 4.78 is 11.1. The lowest BCUT2D eigenvalue weighted by atomic mass is 10.0. The molecule has 0 unspecified atom stereocenters. The molecule has 51 heavy (non-hydrogen) atoms. The van der Waals surface area contributed by atoms with E-state index in [-0.39, 0.29) is 0 Å². The van der Waals surface area contributed by atoms with Crippen LogP contribution in [0.2, 0.25) is 0 Å². The Bertz CT molecular complexity index is 3120. The third kappa shape index (κ3) is 4.09. The summed E-state index contributed by atoms with van der Waals surface area (Å²) in [5, 5.41) is 6.85. The number of nitrogens with zero attached hydrogens (tertiary/aromatic N) is 4. The predicted molar refractivity (Wildman–Crippen MR) is 209 cm³/mol. The summed E-state index contributed by atoms with van der Waals surface area (Å²) in [6.45, 7) is 0. The van der Waals surface area contributed by atoms with Gasteiger partial charge in [0.2, 0.25) is 5.71 Å². The monoisotopic (exact) mass is 652 g/mol. The first kappa shape index (κ1) is 27.9. The maximum absolute atomic E-state index is 6.31. The van der Waals surface area contributed by atoms with Crippen molar-refractivity contribution < 1.29 is 4.42 Å². The number of hydrogen-bond donors (Lipinski definition) is 0. The Balaban J connectivity index is 1.18. The van der Waals surface area contributed by atoms with Gasteiger partial charge in [0.15, 0.2) is 5.82 Å². The second-order valence-corrected chi connectivity index (χ2v) is 13.0. The van der Waals surface area contributed by atoms with Crippen molar-refractivity contribution in [2.24, 2.45) is 0 Å². The van der Waals surface area contributed by atoms with Crippen LogP contribution in [0, 0.1) is 0 Å². The Morgan fingerprint density at radius 3 is 1.80 bits per heavy atom. The molecule has 4 heterocycles. The lowest BCUT2D eigenvalue weighted by Crippen LogP contribution is -1.96. The molecule has 5 heteroatoms. The topological polar surface area (TPSA) is 48.8 Å². The predicted octanol–water partition coefficient (Wildman–Crippen LogP) is 11.9. The highest BCUT2D eigenvalue weighted by atomic mass is 16.3. The fourth-order valence-electron chi connectivity index (χ4n) is 7.95. The van der Waals surface area contributed by atoms with Gasteiger partial charge in [-0.1, -0.05) is 121 Å². The van der Waals surface area contributed by atoms with Crippen molar-refractivity contribution in [2.45, 2.75) is 0 Å². The first-order valence-electron chi connectivity index (χ1n) is 17.2. The smallest absolute Gasteiger partial charge is 0.231 e. The third-order valence-corrected chi connectivity index (χ3v) is 10.2. The Hall–Kier alpha value is -6.98. The minimum atomic E-state index is 0.587. The highest BCUT2D eigenvalue weighted by Crippen LogP contribution is 2.42. The average molecular weight is 653 g/mol. The maximum Gasteiger partial charge on any atom is 0.231 e. The van der Waals surface area contributed by atoms with Gasteiger partial charge in [0.25, 0.3) is 0 Å². The molecule has 238 valence electrons. The van der Waals surface area contributed by atoms with Gasteiger partial charge >= 0.3 is 0 Å². The van der Waals surface area contributed by atoms with Crippen LogP contribution in [-0.4, -0.2) is 19.1 Å². The molecule has 0 spiro atoms. The van der Waals surface area contributed by atoms with Crippen LogP contribution < -0.4 is 0 Å². The van der Waals surface area contributed by atoms with Gasteiger partial charge in [-0.15, -0.1) is 0 Å². The molecule has 0 bridgehead atoms. The van der Waals surface area contributed by atoms with Gasteiger partial charge in [-0.2, -0.15) is 4.98 Å². The van der Waals surface area contributed by atoms with Crippen LogP contribution in [0.1, 0.15) is 0 Å². The summed E-state index contributed by atoms with van der Waals surface area (Å²) in [7, 11) is 0. The molecule has 11 rings (SSSR count). The molecular weight excluding hydrogens is 625 g/mol. The van der Waals surface area contributed by atoms with Crippen LogP contribution in [0.3, 0.4) is 0 Å². The molecule has 0 saturated carbocycles. The average Bonchev–Trinajstić information content (AvgIpc) is 3.86. The molecule has 0 aliphatic carbocycles. The molecule has 5 nitrogen and oxygen atoms in total. The third-order valence-electron chi connectivity index (χ3n) is 10.2. The van der Waals surface area contributed by atoms with E-state index < -0.39 is 0 Å². The number of hydrogen-bond acceptors (Lipinski definition) is 3. The molecule has 0 amide bonds. The Morgan fingerprint density at radius 2 is 1.02 bits per heavy atom. The maximum atomic E-state index is 6.31. The Kier molecular flexibility index (Phi) is 5.89. The van der Waals surface area contributed by atoms with Crippen molar-refractivity contribution >= 4 is 65.7 Å². The highest BCUT2D eigenvalue weighted by molar-refractivity contribution is 6.26. The molecule has 0 aliphatic heterocycles. The van der Waals surface area contributed by atoms with Crippen molar-refractivity contribution in [1.29, 1.82) is 0 Å². The van der Waals surface area contributed by atoms with Gasteiger partial charge in [-0.05, 0) is 48.5 Å². The summed E-state index contributed by atoms with van der Waals surface area (Å²) in [5.41, 5.74) is 11.1. The largest absolute Gasteiger partial charge is 0.438 e. The Morgan fingerprint density at radius 1 is 0.392 bits per heavy atom. The zero-order chi connectivity index (χ0) is 33.5. The van der Waals surface area contributed by atoms with E-state index in [9.17, 15) is 0 Å².